The van der Waals surface area contributed by atoms with E-state index in [4.69, 9.17) is 0 Å². The van der Waals surface area contributed by atoms with Crippen LogP contribution in [0.2, 0.25) is 0 Å². The molecule has 0 radical (unpaired) electrons. The minimum Gasteiger partial charge on any atom is -0.480 e. The van der Waals surface area contributed by atoms with Crippen molar-refractivity contribution >= 4 is 12.0 Å². The predicted octanol–water partition coefficient (Wildman–Crippen LogP) is 2.66. The minimum absolute atomic E-state index is 0.0123. The molecule has 0 aromatic rings. The molecule has 116 valence electrons. The van der Waals surface area contributed by atoms with Crippen LogP contribution in [0.4, 0.5) is 4.79 Å². The summed E-state index contributed by atoms with van der Waals surface area (Å²) in [6.07, 6.45) is 1.75. The lowest BCUT2D eigenvalue weighted by Gasteiger charge is -2.41. The van der Waals surface area contributed by atoms with Crippen LogP contribution in [0.3, 0.4) is 0 Å². The smallest absolute Gasteiger partial charge is 0.326 e. The number of carbonyl (C=O) groups is 2. The van der Waals surface area contributed by atoms with Gasteiger partial charge in [-0.05, 0) is 38.5 Å². The molecule has 1 fully saturated rings. The van der Waals surface area contributed by atoms with Crippen molar-refractivity contribution in [3.8, 4) is 0 Å². The summed E-state index contributed by atoms with van der Waals surface area (Å²) in [6, 6.07) is -0.742. The van der Waals surface area contributed by atoms with Crippen molar-refractivity contribution in [2.75, 3.05) is 13.1 Å². The van der Waals surface area contributed by atoms with Gasteiger partial charge in [0.05, 0.1) is 0 Å². The van der Waals surface area contributed by atoms with Crippen molar-refractivity contribution < 1.29 is 14.7 Å². The van der Waals surface area contributed by atoms with Crippen LogP contribution in [0.5, 0.6) is 0 Å². The molecule has 1 N–H and O–H groups in total. The Hall–Kier alpha value is -1.26. The maximum absolute atomic E-state index is 12.7. The van der Waals surface area contributed by atoms with E-state index in [1.54, 1.807) is 9.80 Å². The number of carbonyl (C=O) groups excluding carboxylic acids is 1. The average Bonchev–Trinajstić information content (AvgIpc) is 2.33. The van der Waals surface area contributed by atoms with Crippen LogP contribution in [-0.4, -0.2) is 52.1 Å². The molecule has 1 heterocycles. The molecule has 0 spiro atoms. The number of likely N-dealkylation sites (tertiary alicyclic amines) is 1. The first-order valence-electron chi connectivity index (χ1n) is 7.55. The average molecular weight is 284 g/mol. The van der Waals surface area contributed by atoms with Crippen LogP contribution in [0.15, 0.2) is 0 Å². The van der Waals surface area contributed by atoms with E-state index in [0.29, 0.717) is 19.0 Å². The van der Waals surface area contributed by atoms with Crippen LogP contribution in [0.1, 0.15) is 47.5 Å². The second-order valence-corrected chi connectivity index (χ2v) is 6.52. The van der Waals surface area contributed by atoms with Gasteiger partial charge in [-0.2, -0.15) is 0 Å². The summed E-state index contributed by atoms with van der Waals surface area (Å²) < 4.78 is 0. The van der Waals surface area contributed by atoms with Gasteiger partial charge in [0.25, 0.3) is 0 Å². The zero-order valence-corrected chi connectivity index (χ0v) is 13.3. The molecule has 2 atom stereocenters. The van der Waals surface area contributed by atoms with Gasteiger partial charge in [-0.25, -0.2) is 9.59 Å². The fraction of sp³-hybridized carbons (Fsp3) is 0.867. The van der Waals surface area contributed by atoms with Gasteiger partial charge < -0.3 is 14.9 Å². The molecule has 0 aromatic heterocycles. The topological polar surface area (TPSA) is 60.9 Å². The van der Waals surface area contributed by atoms with Gasteiger partial charge in [0.15, 0.2) is 0 Å². The molecule has 0 bridgehead atoms. The number of hydrogen-bond acceptors (Lipinski definition) is 2. The van der Waals surface area contributed by atoms with Crippen molar-refractivity contribution in [1.82, 2.24) is 9.80 Å². The fourth-order valence-corrected chi connectivity index (χ4v) is 2.85. The van der Waals surface area contributed by atoms with E-state index in [1.165, 1.54) is 0 Å². The Labute approximate surface area is 121 Å². The number of urea groups is 1. The highest BCUT2D eigenvalue weighted by atomic mass is 16.4. The first kappa shape index (κ1) is 16.8. The SMILES string of the molecule is CC(C)CN(C(=O)N1CCCC(C)C1C(=O)O)C(C)C. The predicted molar refractivity (Wildman–Crippen MR) is 78.6 cm³/mol. The van der Waals surface area contributed by atoms with Crippen LogP contribution in [0.25, 0.3) is 0 Å². The van der Waals surface area contributed by atoms with Crippen LogP contribution in [0, 0.1) is 11.8 Å². The molecule has 0 aliphatic carbocycles. The van der Waals surface area contributed by atoms with Crippen molar-refractivity contribution in [2.24, 2.45) is 11.8 Å². The number of nitrogens with zero attached hydrogens (tertiary/aromatic N) is 2. The standard InChI is InChI=1S/C15H28N2O3/c1-10(2)9-17(11(3)4)15(20)16-8-6-7-12(5)13(16)14(18)19/h10-13H,6-9H2,1-5H3,(H,18,19). The zero-order chi connectivity index (χ0) is 15.4. The molecule has 20 heavy (non-hydrogen) atoms. The van der Waals surface area contributed by atoms with Gasteiger partial charge in [-0.3, -0.25) is 0 Å². The van der Waals surface area contributed by atoms with Gasteiger partial charge in [0.1, 0.15) is 6.04 Å². The quantitative estimate of drug-likeness (QED) is 0.863. The largest absolute Gasteiger partial charge is 0.480 e. The van der Waals surface area contributed by atoms with Crippen molar-refractivity contribution in [1.29, 1.82) is 0 Å². The van der Waals surface area contributed by atoms with Crippen molar-refractivity contribution in [3.63, 3.8) is 0 Å². The molecule has 5 nitrogen and oxygen atoms in total. The number of amides is 2. The van der Waals surface area contributed by atoms with Gasteiger partial charge in [-0.15, -0.1) is 0 Å². The Balaban J connectivity index is 2.93. The summed E-state index contributed by atoms with van der Waals surface area (Å²) in [5.74, 6) is -0.510. The monoisotopic (exact) mass is 284 g/mol. The molecule has 5 heteroatoms. The molecule has 2 amide bonds. The summed E-state index contributed by atoms with van der Waals surface area (Å²) in [5.41, 5.74) is 0. The van der Waals surface area contributed by atoms with E-state index >= 15 is 0 Å². The second-order valence-electron chi connectivity index (χ2n) is 6.52. The van der Waals surface area contributed by atoms with Crippen LogP contribution >= 0.6 is 0 Å². The number of rotatable bonds is 4. The number of carboxylic acid groups (broad SMARTS) is 1. The van der Waals surface area contributed by atoms with Gasteiger partial charge >= 0.3 is 12.0 Å². The number of carboxylic acids is 1. The Morgan fingerprint density at radius 1 is 1.30 bits per heavy atom. The fourth-order valence-electron chi connectivity index (χ4n) is 2.85. The van der Waals surface area contributed by atoms with Gasteiger partial charge in [0, 0.05) is 19.1 Å². The van der Waals surface area contributed by atoms with E-state index in [0.717, 1.165) is 12.8 Å². The Morgan fingerprint density at radius 2 is 1.90 bits per heavy atom. The third-order valence-corrected chi connectivity index (χ3v) is 3.86. The highest BCUT2D eigenvalue weighted by Gasteiger charge is 2.39. The van der Waals surface area contributed by atoms with Crippen molar-refractivity contribution in [3.05, 3.63) is 0 Å². The third-order valence-electron chi connectivity index (χ3n) is 3.86. The number of aliphatic carboxylic acids is 1. The maximum atomic E-state index is 12.7. The Bertz CT molecular complexity index is 355. The minimum atomic E-state index is -0.890. The lowest BCUT2D eigenvalue weighted by Crippen LogP contribution is -2.57. The lowest BCUT2D eigenvalue weighted by molar-refractivity contribution is -0.145. The Morgan fingerprint density at radius 3 is 2.35 bits per heavy atom. The summed E-state index contributed by atoms with van der Waals surface area (Å²) in [6.45, 7) is 11.2. The number of hydrogen-bond donors (Lipinski definition) is 1. The summed E-state index contributed by atoms with van der Waals surface area (Å²) in [4.78, 5) is 27.6. The third kappa shape index (κ3) is 3.87. The molecule has 2 unspecified atom stereocenters. The van der Waals surface area contributed by atoms with E-state index < -0.39 is 12.0 Å². The van der Waals surface area contributed by atoms with Crippen molar-refractivity contribution in [2.45, 2.75) is 59.5 Å². The van der Waals surface area contributed by atoms with E-state index in [9.17, 15) is 14.7 Å². The summed E-state index contributed by atoms with van der Waals surface area (Å²) in [7, 11) is 0. The van der Waals surface area contributed by atoms with E-state index in [1.807, 2.05) is 20.8 Å². The zero-order valence-electron chi connectivity index (χ0n) is 13.3. The Kier molecular flexibility index (Phi) is 5.84. The highest BCUT2D eigenvalue weighted by molar-refractivity contribution is 5.83. The van der Waals surface area contributed by atoms with Crippen LogP contribution < -0.4 is 0 Å². The van der Waals surface area contributed by atoms with E-state index in [2.05, 4.69) is 13.8 Å². The molecule has 0 aromatic carbocycles. The molecular weight excluding hydrogens is 256 g/mol. The highest BCUT2D eigenvalue weighted by Crippen LogP contribution is 2.25. The lowest BCUT2D eigenvalue weighted by atomic mass is 9.91. The summed E-state index contributed by atoms with van der Waals surface area (Å²) >= 11 is 0. The maximum Gasteiger partial charge on any atom is 0.326 e. The molecule has 1 aliphatic rings. The van der Waals surface area contributed by atoms with Gasteiger partial charge in [-0.1, -0.05) is 20.8 Å². The molecule has 1 aliphatic heterocycles. The normalized spacial score (nSPS) is 23.2. The first-order chi connectivity index (χ1) is 9.25. The first-order valence-corrected chi connectivity index (χ1v) is 7.55. The van der Waals surface area contributed by atoms with Crippen LogP contribution in [-0.2, 0) is 4.79 Å². The molecule has 1 rings (SSSR count). The van der Waals surface area contributed by atoms with Gasteiger partial charge in [0.2, 0.25) is 0 Å². The molecule has 1 saturated heterocycles. The van der Waals surface area contributed by atoms with E-state index in [-0.39, 0.29) is 18.0 Å². The number of piperidine rings is 1. The second kappa shape index (κ2) is 6.95. The molecule has 0 saturated carbocycles. The molecular formula is C15H28N2O3. The summed E-state index contributed by atoms with van der Waals surface area (Å²) in [5, 5.41) is 9.42.